The van der Waals surface area contributed by atoms with E-state index in [0.29, 0.717) is 12.8 Å². The van der Waals surface area contributed by atoms with Gasteiger partial charge in [-0.15, -0.1) is 0 Å². The van der Waals surface area contributed by atoms with Gasteiger partial charge >= 0.3 is 0 Å². The number of hydrogen-bond donors (Lipinski definition) is 1. The predicted octanol–water partition coefficient (Wildman–Crippen LogP) is 2.28. The molecule has 0 aliphatic rings. The summed E-state index contributed by atoms with van der Waals surface area (Å²) in [6.07, 6.45) is 1.12. The lowest BCUT2D eigenvalue weighted by Crippen LogP contribution is -2.17. The van der Waals surface area contributed by atoms with E-state index in [4.69, 9.17) is 0 Å². The molecule has 0 aromatic heterocycles. The maximum atomic E-state index is 13.3. The smallest absolute Gasteiger partial charge is 0.271 e. The Morgan fingerprint density at radius 2 is 2.11 bits per heavy atom. The van der Waals surface area contributed by atoms with Crippen molar-refractivity contribution < 1.29 is 17.7 Å². The fourth-order valence-corrected chi connectivity index (χ4v) is 2.52. The zero-order valence-electron chi connectivity index (χ0n) is 9.72. The van der Waals surface area contributed by atoms with E-state index in [9.17, 15) is 22.9 Å². The fourth-order valence-electron chi connectivity index (χ4n) is 1.26. The Morgan fingerprint density at radius 3 is 2.67 bits per heavy atom. The van der Waals surface area contributed by atoms with E-state index in [1.807, 2.05) is 11.6 Å². The molecule has 0 radical (unpaired) electrons. The molecule has 0 saturated heterocycles. The van der Waals surface area contributed by atoms with Gasteiger partial charge in [0.15, 0.2) is 0 Å². The summed E-state index contributed by atoms with van der Waals surface area (Å²) in [5.74, 6) is -0.994. The Bertz CT molecular complexity index is 545. The van der Waals surface area contributed by atoms with Crippen molar-refractivity contribution >= 4 is 21.4 Å². The second-order valence-electron chi connectivity index (χ2n) is 3.70. The number of halogens is 1. The van der Waals surface area contributed by atoms with Gasteiger partial charge in [0.05, 0.1) is 16.4 Å². The minimum atomic E-state index is -3.67. The quantitative estimate of drug-likeness (QED) is 0.637. The number of hydrogen-bond acceptors (Lipinski definition) is 4. The van der Waals surface area contributed by atoms with Gasteiger partial charge in [-0.05, 0) is 12.5 Å². The van der Waals surface area contributed by atoms with Crippen molar-refractivity contribution in [1.82, 2.24) is 0 Å². The number of sulfonamides is 1. The highest BCUT2D eigenvalue weighted by atomic mass is 32.2. The summed E-state index contributed by atoms with van der Waals surface area (Å²) in [4.78, 5) is 9.79. The molecule has 0 aliphatic carbocycles. The Kier molecular flexibility index (Phi) is 4.60. The molecule has 100 valence electrons. The number of anilines is 1. The molecule has 0 unspecified atom stereocenters. The minimum Gasteiger partial charge on any atom is -0.280 e. The van der Waals surface area contributed by atoms with Crippen LogP contribution in [0, 0.1) is 15.9 Å². The maximum absolute atomic E-state index is 13.3. The van der Waals surface area contributed by atoms with Gasteiger partial charge in [-0.3, -0.25) is 14.8 Å². The highest BCUT2D eigenvalue weighted by molar-refractivity contribution is 7.92. The lowest BCUT2D eigenvalue weighted by molar-refractivity contribution is -0.384. The van der Waals surface area contributed by atoms with Crippen LogP contribution in [0.1, 0.15) is 19.8 Å². The molecule has 1 aromatic carbocycles. The van der Waals surface area contributed by atoms with Crippen LogP contribution in [0.2, 0.25) is 0 Å². The van der Waals surface area contributed by atoms with Crippen molar-refractivity contribution in [3.8, 4) is 0 Å². The molecule has 8 heteroatoms. The van der Waals surface area contributed by atoms with Crippen LogP contribution < -0.4 is 4.72 Å². The van der Waals surface area contributed by atoms with E-state index in [0.717, 1.165) is 18.2 Å². The maximum Gasteiger partial charge on any atom is 0.271 e. The number of nitro benzene ring substituents is 1. The summed E-state index contributed by atoms with van der Waals surface area (Å²) < 4.78 is 38.4. The lowest BCUT2D eigenvalue weighted by Gasteiger charge is -2.08. The predicted molar refractivity (Wildman–Crippen MR) is 65.4 cm³/mol. The number of nitro groups is 1. The van der Waals surface area contributed by atoms with Gasteiger partial charge in [0.2, 0.25) is 10.0 Å². The molecule has 0 heterocycles. The van der Waals surface area contributed by atoms with Crippen LogP contribution in [0.3, 0.4) is 0 Å². The molecule has 1 rings (SSSR count). The Balaban J connectivity index is 2.96. The topological polar surface area (TPSA) is 89.3 Å². The van der Waals surface area contributed by atoms with Crippen molar-refractivity contribution in [1.29, 1.82) is 0 Å². The molecule has 0 bridgehead atoms. The average Bonchev–Trinajstić information content (AvgIpc) is 2.29. The zero-order valence-corrected chi connectivity index (χ0v) is 10.5. The monoisotopic (exact) mass is 276 g/mol. The third kappa shape index (κ3) is 3.95. The van der Waals surface area contributed by atoms with E-state index < -0.39 is 26.5 Å². The van der Waals surface area contributed by atoms with Crippen LogP contribution in [-0.4, -0.2) is 19.1 Å². The Hall–Kier alpha value is -1.70. The van der Waals surface area contributed by atoms with Gasteiger partial charge in [0.25, 0.3) is 5.69 Å². The highest BCUT2D eigenvalue weighted by Gasteiger charge is 2.16. The summed E-state index contributed by atoms with van der Waals surface area (Å²) >= 11 is 0. The normalized spacial score (nSPS) is 11.2. The number of benzene rings is 1. The molecule has 0 fully saturated rings. The van der Waals surface area contributed by atoms with E-state index in [1.54, 1.807) is 0 Å². The van der Waals surface area contributed by atoms with Crippen molar-refractivity contribution in [2.45, 2.75) is 19.8 Å². The first-order chi connectivity index (χ1) is 8.35. The third-order valence-corrected chi connectivity index (χ3v) is 3.55. The van der Waals surface area contributed by atoms with Gasteiger partial charge in [-0.1, -0.05) is 13.3 Å². The second kappa shape index (κ2) is 5.76. The number of nitrogens with zero attached hydrogens (tertiary/aromatic N) is 1. The Labute approximate surface area is 104 Å². The standard InChI is InChI=1S/C10H13FN2O4S/c1-2-3-6-18(16,17)12-10-7-8(13(14)15)4-5-9(10)11/h4-5,7,12H,2-3,6H2,1H3. The molecule has 1 N–H and O–H groups in total. The summed E-state index contributed by atoms with van der Waals surface area (Å²) in [5, 5.41) is 10.5. The molecule has 0 spiro atoms. The molecular formula is C10H13FN2O4S. The fraction of sp³-hybridized carbons (Fsp3) is 0.400. The van der Waals surface area contributed by atoms with E-state index in [1.165, 1.54) is 0 Å². The number of nitrogens with one attached hydrogen (secondary N) is 1. The van der Waals surface area contributed by atoms with Gasteiger partial charge in [0.1, 0.15) is 5.82 Å². The molecule has 0 amide bonds. The molecule has 0 atom stereocenters. The Morgan fingerprint density at radius 1 is 1.44 bits per heavy atom. The summed E-state index contributed by atoms with van der Waals surface area (Å²) in [6.45, 7) is 1.82. The van der Waals surface area contributed by atoms with E-state index in [2.05, 4.69) is 0 Å². The van der Waals surface area contributed by atoms with E-state index >= 15 is 0 Å². The minimum absolute atomic E-state index is 0.147. The number of rotatable bonds is 6. The summed E-state index contributed by atoms with van der Waals surface area (Å²) in [5.41, 5.74) is -0.773. The van der Waals surface area contributed by atoms with Crippen LogP contribution in [0.25, 0.3) is 0 Å². The van der Waals surface area contributed by atoms with Crippen LogP contribution in [0.4, 0.5) is 15.8 Å². The van der Waals surface area contributed by atoms with Gasteiger partial charge in [-0.2, -0.15) is 0 Å². The molecule has 1 aromatic rings. The molecular weight excluding hydrogens is 263 g/mol. The van der Waals surface area contributed by atoms with Crippen LogP contribution >= 0.6 is 0 Å². The van der Waals surface area contributed by atoms with Gasteiger partial charge in [0, 0.05) is 12.1 Å². The van der Waals surface area contributed by atoms with E-state index in [-0.39, 0.29) is 11.4 Å². The molecule has 6 nitrogen and oxygen atoms in total. The second-order valence-corrected chi connectivity index (χ2v) is 5.54. The largest absolute Gasteiger partial charge is 0.280 e. The summed E-state index contributed by atoms with van der Waals surface area (Å²) in [7, 11) is -3.67. The lowest BCUT2D eigenvalue weighted by atomic mass is 10.3. The van der Waals surface area contributed by atoms with Crippen molar-refractivity contribution in [2.75, 3.05) is 10.5 Å². The van der Waals surface area contributed by atoms with Crippen LogP contribution in [-0.2, 0) is 10.0 Å². The number of unbranched alkanes of at least 4 members (excludes halogenated alkanes) is 1. The van der Waals surface area contributed by atoms with Crippen molar-refractivity contribution in [2.24, 2.45) is 0 Å². The first-order valence-electron chi connectivity index (χ1n) is 5.30. The molecule has 0 saturated carbocycles. The highest BCUT2D eigenvalue weighted by Crippen LogP contribution is 2.22. The van der Waals surface area contributed by atoms with Crippen LogP contribution in [0.5, 0.6) is 0 Å². The third-order valence-electron chi connectivity index (χ3n) is 2.19. The zero-order chi connectivity index (χ0) is 13.8. The number of non-ortho nitro benzene ring substituents is 1. The van der Waals surface area contributed by atoms with Crippen molar-refractivity contribution in [3.05, 3.63) is 34.1 Å². The first kappa shape index (κ1) is 14.4. The van der Waals surface area contributed by atoms with Crippen molar-refractivity contribution in [3.63, 3.8) is 0 Å². The molecule has 18 heavy (non-hydrogen) atoms. The van der Waals surface area contributed by atoms with Gasteiger partial charge in [-0.25, -0.2) is 12.8 Å². The average molecular weight is 276 g/mol. The van der Waals surface area contributed by atoms with Crippen LogP contribution in [0.15, 0.2) is 18.2 Å². The first-order valence-corrected chi connectivity index (χ1v) is 6.95. The SMILES string of the molecule is CCCCS(=O)(=O)Nc1cc([N+](=O)[O-])ccc1F. The summed E-state index contributed by atoms with van der Waals surface area (Å²) in [6, 6.07) is 2.69. The molecule has 0 aliphatic heterocycles. The van der Waals surface area contributed by atoms with Gasteiger partial charge < -0.3 is 0 Å².